The van der Waals surface area contributed by atoms with Gasteiger partial charge in [-0.2, -0.15) is 0 Å². The molecule has 1 fully saturated rings. The molecular weight excluding hydrogens is 190 g/mol. The second-order valence-electron chi connectivity index (χ2n) is 0.647. The first-order valence-corrected chi connectivity index (χ1v) is 10.1. The molecule has 6 heteroatoms. The molecule has 0 spiro atoms. The molecule has 0 saturated carbocycles. The molecule has 34 valence electrons. The third-order valence-electron chi connectivity index (χ3n) is 0.318. The molecule has 0 aromatic rings. The van der Waals surface area contributed by atoms with Crippen LogP contribution in [-0.4, -0.2) is 0 Å². The van der Waals surface area contributed by atoms with Crippen molar-refractivity contribution < 1.29 is 0 Å². The summed E-state index contributed by atoms with van der Waals surface area (Å²) < 4.78 is 0. The minimum atomic E-state index is -0.124. The van der Waals surface area contributed by atoms with Crippen LogP contribution in [-0.2, 0) is 31.7 Å². The van der Waals surface area contributed by atoms with E-state index < -0.39 is 0 Å². The summed E-state index contributed by atoms with van der Waals surface area (Å²) in [7, 11) is 0.267. The normalized spacial score (nSPS) is 42.7. The van der Waals surface area contributed by atoms with Crippen molar-refractivity contribution in [3.8, 4) is 0 Å². The maximum Gasteiger partial charge on any atom is 0.328 e. The van der Waals surface area contributed by atoms with Crippen LogP contribution in [0.1, 0.15) is 0 Å². The van der Waals surface area contributed by atoms with E-state index in [0.717, 1.165) is 6.98 Å². The van der Waals surface area contributed by atoms with Crippen LogP contribution in [0.3, 0.4) is 0 Å². The molecule has 0 nitrogen and oxygen atoms in total. The Morgan fingerprint density at radius 2 is 2.33 bits per heavy atom. The van der Waals surface area contributed by atoms with Crippen LogP contribution in [0.15, 0.2) is 0 Å². The van der Waals surface area contributed by atoms with Gasteiger partial charge in [-0.25, -0.2) is 0 Å². The first-order chi connectivity index (χ1) is 2.80. The van der Waals surface area contributed by atoms with Crippen molar-refractivity contribution in [1.82, 2.24) is 0 Å². The van der Waals surface area contributed by atoms with Gasteiger partial charge in [0.15, 0.2) is 11.8 Å². The lowest BCUT2D eigenvalue weighted by Gasteiger charge is -1.95. The summed E-state index contributed by atoms with van der Waals surface area (Å²) in [5.74, 6) is 0. The van der Waals surface area contributed by atoms with Crippen molar-refractivity contribution in [1.29, 1.82) is 0 Å². The summed E-state index contributed by atoms with van der Waals surface area (Å²) in [6.07, 6.45) is 0. The summed E-state index contributed by atoms with van der Waals surface area (Å²) in [6.45, 7) is 0.959. The summed E-state index contributed by atoms with van der Waals surface area (Å²) >= 11 is 11.7. The highest BCUT2D eigenvalue weighted by Crippen LogP contribution is 2.72. The van der Waals surface area contributed by atoms with Crippen molar-refractivity contribution in [3.05, 3.63) is 0 Å². The molecule has 3 unspecified atom stereocenters. The zero-order valence-corrected chi connectivity index (χ0v) is 7.74. The van der Waals surface area contributed by atoms with E-state index in [1.807, 2.05) is 11.0 Å². The molecule has 0 N–H and O–H groups in total. The molecule has 0 bridgehead atoms. The van der Waals surface area contributed by atoms with Crippen molar-refractivity contribution >= 4 is 54.8 Å². The van der Waals surface area contributed by atoms with Gasteiger partial charge in [0.2, 0.25) is 0 Å². The molecule has 3 atom stereocenters. The second-order valence-corrected chi connectivity index (χ2v) is 17.5. The van der Waals surface area contributed by atoms with E-state index in [-0.39, 0.29) is 13.8 Å². The molecule has 0 radical (unpaired) electrons. The van der Waals surface area contributed by atoms with E-state index in [1.165, 1.54) is 0 Å². The Morgan fingerprint density at radius 1 is 1.83 bits per heavy atom. The highest BCUT2D eigenvalue weighted by Gasteiger charge is 2.31. The van der Waals surface area contributed by atoms with Crippen LogP contribution in [0.5, 0.6) is 0 Å². The van der Waals surface area contributed by atoms with Crippen LogP contribution in [0.2, 0.25) is 0 Å². The van der Waals surface area contributed by atoms with Crippen LogP contribution in [0, 0.1) is 0 Å². The zero-order chi connectivity index (χ0) is 4.57. The van der Waals surface area contributed by atoms with E-state index in [1.54, 1.807) is 0 Å². The average Bonchev–Trinajstić information content (AvgIpc) is 1.61. The smallest absolute Gasteiger partial charge is 0.00429 e. The summed E-state index contributed by atoms with van der Waals surface area (Å²) in [4.78, 5) is 0. The Morgan fingerprint density at radius 3 is 2.33 bits per heavy atom. The maximum atomic E-state index is 4.93. The van der Waals surface area contributed by atoms with Crippen molar-refractivity contribution in [2.45, 2.75) is 0 Å². The SMILES string of the molecule is S=[P+]1SPS1=S. The van der Waals surface area contributed by atoms with Gasteiger partial charge in [-0.1, -0.05) is 0 Å². The van der Waals surface area contributed by atoms with E-state index in [9.17, 15) is 0 Å². The molecule has 0 aromatic carbocycles. The zero-order valence-electron chi connectivity index (χ0n) is 2.58. The van der Waals surface area contributed by atoms with Gasteiger partial charge in [0.05, 0.1) is 0 Å². The Hall–Kier alpha value is 1.87. The molecule has 6 heavy (non-hydrogen) atoms. The Kier molecular flexibility index (Phi) is 2.43. The highest BCUT2D eigenvalue weighted by molar-refractivity contribution is 9.35. The third kappa shape index (κ3) is 1.18. The lowest BCUT2D eigenvalue weighted by atomic mass is 29.4. The second kappa shape index (κ2) is 2.43. The van der Waals surface area contributed by atoms with Gasteiger partial charge >= 0.3 is 5.10 Å². The molecule has 1 rings (SSSR count). The third-order valence-corrected chi connectivity index (χ3v) is 25.8. The van der Waals surface area contributed by atoms with Crippen molar-refractivity contribution in [2.75, 3.05) is 0 Å². The molecule has 0 amide bonds. The highest BCUT2D eigenvalue weighted by atomic mass is 33.8. The lowest BCUT2D eigenvalue weighted by molar-refractivity contribution is 5.06. The fourth-order valence-electron chi connectivity index (χ4n) is 0.0981. The van der Waals surface area contributed by atoms with Crippen LogP contribution in [0.4, 0.5) is 0 Å². The Balaban J connectivity index is 2.61. The average molecular weight is 191 g/mol. The van der Waals surface area contributed by atoms with E-state index >= 15 is 0 Å². The number of hydrogen-bond acceptors (Lipinski definition) is 3. The van der Waals surface area contributed by atoms with Gasteiger partial charge in [-0.15, -0.1) is 0 Å². The molecule has 1 aliphatic heterocycles. The maximum absolute atomic E-state index is 4.93. The van der Waals surface area contributed by atoms with Crippen LogP contribution in [0.25, 0.3) is 0 Å². The quantitative estimate of drug-likeness (QED) is 0.538. The van der Waals surface area contributed by atoms with Gasteiger partial charge < -0.3 is 0 Å². The molecular formula is HP2S4+. The molecule has 1 heterocycles. The monoisotopic (exact) mass is 191 g/mol. The first kappa shape index (κ1) is 6.00. The van der Waals surface area contributed by atoms with E-state index in [2.05, 4.69) is 0 Å². The minimum absolute atomic E-state index is 0.124. The Bertz CT molecular complexity index is 90.1. The first-order valence-electron chi connectivity index (χ1n) is 1.12. The van der Waals surface area contributed by atoms with Crippen molar-refractivity contribution in [2.24, 2.45) is 0 Å². The fraction of sp³-hybridized carbons (Fsp3) is 0. The van der Waals surface area contributed by atoms with Crippen LogP contribution >= 0.6 is 23.1 Å². The molecule has 1 aliphatic rings. The van der Waals surface area contributed by atoms with E-state index in [4.69, 9.17) is 23.0 Å². The fourth-order valence-corrected chi connectivity index (χ4v) is 17.8. The molecule has 0 aromatic heterocycles. The Labute approximate surface area is 54.6 Å². The van der Waals surface area contributed by atoms with Gasteiger partial charge in [0.1, 0.15) is 26.7 Å². The molecule has 1 saturated heterocycles. The van der Waals surface area contributed by atoms with Gasteiger partial charge in [-0.05, 0) is 0 Å². The lowest BCUT2D eigenvalue weighted by Crippen LogP contribution is -1.65. The standard InChI is InChI=1S/HP2S4/c3-2-5-1-6(2)4/h1H/q+1. The summed E-state index contributed by atoms with van der Waals surface area (Å²) in [5, 5.41) is -0.124. The van der Waals surface area contributed by atoms with Gasteiger partial charge in [0.25, 0.3) is 0 Å². The van der Waals surface area contributed by atoms with E-state index in [0.29, 0.717) is 0 Å². The minimum Gasteiger partial charge on any atom is 0.00429 e. The van der Waals surface area contributed by atoms with Crippen LogP contribution < -0.4 is 0 Å². The predicted molar refractivity (Wildman–Crippen MR) is 44.9 cm³/mol. The largest absolute Gasteiger partial charge is 0.328 e. The summed E-state index contributed by atoms with van der Waals surface area (Å²) in [5.41, 5.74) is 0. The number of hydrogen-bond donors (Lipinski definition) is 0. The summed E-state index contributed by atoms with van der Waals surface area (Å²) in [6, 6.07) is 0. The predicted octanol–water partition coefficient (Wildman–Crippen LogP) is 2.10. The molecule has 0 aliphatic carbocycles. The van der Waals surface area contributed by atoms with Gasteiger partial charge in [0, 0.05) is 11.2 Å². The van der Waals surface area contributed by atoms with Gasteiger partial charge in [-0.3, -0.25) is 0 Å². The number of rotatable bonds is 0. The topological polar surface area (TPSA) is 0 Å². The van der Waals surface area contributed by atoms with Crippen molar-refractivity contribution in [3.63, 3.8) is 0 Å².